The highest BCUT2D eigenvalue weighted by atomic mass is 16.5. The molecule has 1 atom stereocenters. The van der Waals surface area contributed by atoms with E-state index in [1.165, 1.54) is 32.1 Å². The van der Waals surface area contributed by atoms with Gasteiger partial charge >= 0.3 is 0 Å². The minimum Gasteiger partial charge on any atom is -0.375 e. The first-order chi connectivity index (χ1) is 11.5. The number of morpholine rings is 1. The SMILES string of the molecule is CCC(=O)N1CCCC2(CCC2)C1.CCC1CN(C(C)=O)CCO1. The molecular weight excluding hydrogens is 304 g/mol. The van der Waals surface area contributed by atoms with Gasteiger partial charge in [0, 0.05) is 39.5 Å². The van der Waals surface area contributed by atoms with Gasteiger partial charge in [-0.2, -0.15) is 0 Å². The maximum Gasteiger partial charge on any atom is 0.222 e. The van der Waals surface area contributed by atoms with Crippen molar-refractivity contribution in [1.29, 1.82) is 0 Å². The maximum absolute atomic E-state index is 11.5. The van der Waals surface area contributed by atoms with Crippen LogP contribution < -0.4 is 0 Å². The lowest BCUT2D eigenvalue weighted by atomic mass is 9.64. The predicted molar refractivity (Wildman–Crippen MR) is 94.7 cm³/mol. The van der Waals surface area contributed by atoms with Crippen molar-refractivity contribution >= 4 is 11.8 Å². The molecule has 3 rings (SSSR count). The number of piperidine rings is 1. The van der Waals surface area contributed by atoms with Crippen LogP contribution in [0.4, 0.5) is 0 Å². The van der Waals surface area contributed by atoms with Crippen molar-refractivity contribution < 1.29 is 14.3 Å². The van der Waals surface area contributed by atoms with Crippen LogP contribution in [-0.4, -0.2) is 60.5 Å². The van der Waals surface area contributed by atoms with Crippen LogP contribution >= 0.6 is 0 Å². The number of ether oxygens (including phenoxy) is 1. The van der Waals surface area contributed by atoms with Crippen molar-refractivity contribution in [2.24, 2.45) is 5.41 Å². The van der Waals surface area contributed by atoms with Gasteiger partial charge in [0.25, 0.3) is 0 Å². The normalized spacial score (nSPS) is 25.5. The Balaban J connectivity index is 0.000000177. The van der Waals surface area contributed by atoms with Crippen molar-refractivity contribution in [3.63, 3.8) is 0 Å². The minimum absolute atomic E-state index is 0.159. The highest BCUT2D eigenvalue weighted by Gasteiger charge is 2.41. The van der Waals surface area contributed by atoms with Gasteiger partial charge in [-0.05, 0) is 37.5 Å². The number of hydrogen-bond donors (Lipinski definition) is 0. The standard InChI is InChI=1S/C11H19NO.C8H15NO2/c1-2-10(13)12-8-4-7-11(9-12)5-3-6-11;1-3-8-6-9(7(2)10)4-5-11-8/h2-9H2,1H3;8H,3-6H2,1-2H3. The van der Waals surface area contributed by atoms with Gasteiger partial charge in [-0.25, -0.2) is 0 Å². The Labute approximate surface area is 146 Å². The zero-order chi connectivity index (χ0) is 17.6. The molecule has 2 heterocycles. The Morgan fingerprint density at radius 3 is 2.33 bits per heavy atom. The molecule has 3 fully saturated rings. The van der Waals surface area contributed by atoms with E-state index in [0.29, 0.717) is 24.3 Å². The molecule has 138 valence electrons. The van der Waals surface area contributed by atoms with Gasteiger partial charge < -0.3 is 14.5 Å². The molecule has 0 aromatic heterocycles. The fourth-order valence-corrected chi connectivity index (χ4v) is 3.98. The molecule has 0 N–H and O–H groups in total. The molecule has 0 radical (unpaired) electrons. The predicted octanol–water partition coefficient (Wildman–Crippen LogP) is 2.83. The molecule has 5 heteroatoms. The van der Waals surface area contributed by atoms with Gasteiger partial charge in [0.15, 0.2) is 0 Å². The van der Waals surface area contributed by atoms with E-state index in [1.54, 1.807) is 6.92 Å². The molecule has 2 amide bonds. The number of likely N-dealkylation sites (tertiary alicyclic amines) is 1. The topological polar surface area (TPSA) is 49.9 Å². The monoisotopic (exact) mass is 338 g/mol. The van der Waals surface area contributed by atoms with Crippen LogP contribution in [0.5, 0.6) is 0 Å². The van der Waals surface area contributed by atoms with E-state index in [0.717, 1.165) is 32.6 Å². The quantitative estimate of drug-likeness (QED) is 0.778. The molecule has 2 aliphatic heterocycles. The largest absolute Gasteiger partial charge is 0.375 e. The second-order valence-electron chi connectivity index (χ2n) is 7.49. The van der Waals surface area contributed by atoms with Crippen LogP contribution in [0, 0.1) is 5.41 Å². The van der Waals surface area contributed by atoms with E-state index in [-0.39, 0.29) is 12.0 Å². The third kappa shape index (κ3) is 4.95. The fraction of sp³-hybridized carbons (Fsp3) is 0.895. The minimum atomic E-state index is 0.159. The van der Waals surface area contributed by atoms with Crippen LogP contribution in [0.25, 0.3) is 0 Å². The lowest BCUT2D eigenvalue weighted by Gasteiger charge is -2.48. The highest BCUT2D eigenvalue weighted by Crippen LogP contribution is 2.47. The summed E-state index contributed by atoms with van der Waals surface area (Å²) in [7, 11) is 0. The van der Waals surface area contributed by atoms with E-state index in [9.17, 15) is 9.59 Å². The van der Waals surface area contributed by atoms with E-state index in [1.807, 2.05) is 11.8 Å². The molecule has 0 aromatic carbocycles. The molecule has 1 saturated carbocycles. The Hall–Kier alpha value is -1.10. The summed E-state index contributed by atoms with van der Waals surface area (Å²) >= 11 is 0. The lowest BCUT2D eigenvalue weighted by Crippen LogP contribution is -2.49. The van der Waals surface area contributed by atoms with Gasteiger partial charge in [0.1, 0.15) is 0 Å². The summed E-state index contributed by atoms with van der Waals surface area (Å²) in [6.07, 6.45) is 8.62. The number of nitrogens with zero attached hydrogens (tertiary/aromatic N) is 2. The summed E-state index contributed by atoms with van der Waals surface area (Å²) in [6, 6.07) is 0. The number of carbonyl (C=O) groups is 2. The molecule has 5 nitrogen and oxygen atoms in total. The van der Waals surface area contributed by atoms with Gasteiger partial charge in [-0.1, -0.05) is 20.3 Å². The average Bonchev–Trinajstić information content (AvgIpc) is 2.60. The van der Waals surface area contributed by atoms with E-state index in [2.05, 4.69) is 11.8 Å². The number of rotatable bonds is 2. The molecular formula is C19H34N2O3. The van der Waals surface area contributed by atoms with Crippen molar-refractivity contribution in [3.05, 3.63) is 0 Å². The van der Waals surface area contributed by atoms with Crippen molar-refractivity contribution in [3.8, 4) is 0 Å². The van der Waals surface area contributed by atoms with Crippen LogP contribution in [0.15, 0.2) is 0 Å². The van der Waals surface area contributed by atoms with Gasteiger partial charge in [-0.15, -0.1) is 0 Å². The third-order valence-corrected chi connectivity index (χ3v) is 5.77. The third-order valence-electron chi connectivity index (χ3n) is 5.77. The van der Waals surface area contributed by atoms with Crippen molar-refractivity contribution in [1.82, 2.24) is 9.80 Å². The van der Waals surface area contributed by atoms with E-state index in [4.69, 9.17) is 4.74 Å². The second-order valence-corrected chi connectivity index (χ2v) is 7.49. The van der Waals surface area contributed by atoms with E-state index >= 15 is 0 Å². The number of amides is 2. The Morgan fingerprint density at radius 2 is 1.79 bits per heavy atom. The van der Waals surface area contributed by atoms with Crippen LogP contribution in [0.3, 0.4) is 0 Å². The molecule has 0 aromatic rings. The van der Waals surface area contributed by atoms with Crippen LogP contribution in [0.1, 0.15) is 65.7 Å². The molecule has 3 aliphatic rings. The summed E-state index contributed by atoms with van der Waals surface area (Å²) in [6.45, 7) is 9.93. The zero-order valence-electron chi connectivity index (χ0n) is 15.7. The Morgan fingerprint density at radius 1 is 1.08 bits per heavy atom. The van der Waals surface area contributed by atoms with Crippen LogP contribution in [-0.2, 0) is 14.3 Å². The first kappa shape index (κ1) is 19.2. The molecule has 1 aliphatic carbocycles. The second kappa shape index (κ2) is 8.84. The highest BCUT2D eigenvalue weighted by molar-refractivity contribution is 5.76. The van der Waals surface area contributed by atoms with Gasteiger partial charge in [0.2, 0.25) is 11.8 Å². The average molecular weight is 338 g/mol. The maximum atomic E-state index is 11.5. The Bertz CT molecular complexity index is 434. The summed E-state index contributed by atoms with van der Waals surface area (Å²) < 4.78 is 5.41. The van der Waals surface area contributed by atoms with Crippen molar-refractivity contribution in [2.75, 3.05) is 32.8 Å². The summed E-state index contributed by atoms with van der Waals surface area (Å²) in [5, 5.41) is 0. The fourth-order valence-electron chi connectivity index (χ4n) is 3.98. The van der Waals surface area contributed by atoms with Crippen LogP contribution in [0.2, 0.25) is 0 Å². The molecule has 2 saturated heterocycles. The molecule has 1 spiro atoms. The van der Waals surface area contributed by atoms with Crippen molar-refractivity contribution in [2.45, 2.75) is 71.8 Å². The smallest absolute Gasteiger partial charge is 0.222 e. The Kier molecular flexibility index (Phi) is 7.08. The molecule has 24 heavy (non-hydrogen) atoms. The zero-order valence-corrected chi connectivity index (χ0v) is 15.7. The van der Waals surface area contributed by atoms with E-state index < -0.39 is 0 Å². The summed E-state index contributed by atoms with van der Waals surface area (Å²) in [4.78, 5) is 26.4. The number of carbonyl (C=O) groups excluding carboxylic acids is 2. The number of hydrogen-bond acceptors (Lipinski definition) is 3. The summed E-state index contributed by atoms with van der Waals surface area (Å²) in [5.74, 6) is 0.512. The molecule has 0 bridgehead atoms. The van der Waals surface area contributed by atoms with Gasteiger partial charge in [0.05, 0.1) is 12.7 Å². The lowest BCUT2D eigenvalue weighted by molar-refractivity contribution is -0.137. The molecule has 1 unspecified atom stereocenters. The summed E-state index contributed by atoms with van der Waals surface area (Å²) in [5.41, 5.74) is 0.559. The first-order valence-electron chi connectivity index (χ1n) is 9.64. The first-order valence-corrected chi connectivity index (χ1v) is 9.64. The van der Waals surface area contributed by atoms with Gasteiger partial charge in [-0.3, -0.25) is 9.59 Å².